The number of hydrogen-bond donors (Lipinski definition) is 3. The van der Waals surface area contributed by atoms with Crippen LogP contribution in [0.5, 0.6) is 0 Å². The van der Waals surface area contributed by atoms with E-state index in [9.17, 15) is 19.2 Å². The second-order valence-corrected chi connectivity index (χ2v) is 11.6. The maximum atomic E-state index is 13.7. The lowest BCUT2D eigenvalue weighted by molar-refractivity contribution is -0.143. The van der Waals surface area contributed by atoms with E-state index in [-0.39, 0.29) is 48.5 Å². The molecule has 0 unspecified atom stereocenters. The van der Waals surface area contributed by atoms with Crippen molar-refractivity contribution in [1.82, 2.24) is 20.9 Å². The Bertz CT molecular complexity index is 896. The predicted molar refractivity (Wildman–Crippen MR) is 139 cm³/mol. The van der Waals surface area contributed by atoms with Crippen molar-refractivity contribution in [3.05, 3.63) is 12.2 Å². The van der Waals surface area contributed by atoms with Gasteiger partial charge in [0.1, 0.15) is 17.8 Å². The van der Waals surface area contributed by atoms with Gasteiger partial charge in [0.15, 0.2) is 0 Å². The molecule has 3 fully saturated rings. The molecule has 2 aliphatic carbocycles. The molecule has 0 aromatic carbocycles. The van der Waals surface area contributed by atoms with Crippen LogP contribution in [-0.2, 0) is 19.2 Å². The van der Waals surface area contributed by atoms with Gasteiger partial charge in [0.25, 0.3) is 5.91 Å². The van der Waals surface area contributed by atoms with E-state index in [1.165, 1.54) is 18.4 Å². The zero-order valence-electron chi connectivity index (χ0n) is 22.3. The van der Waals surface area contributed by atoms with Gasteiger partial charge in [-0.15, -0.1) is 0 Å². The van der Waals surface area contributed by atoms with E-state index in [0.29, 0.717) is 18.8 Å². The van der Waals surface area contributed by atoms with Crippen molar-refractivity contribution in [3.63, 3.8) is 0 Å². The molecule has 9 heteroatoms. The first kappa shape index (κ1) is 27.9. The van der Waals surface area contributed by atoms with Gasteiger partial charge in [-0.2, -0.15) is 0 Å². The van der Waals surface area contributed by atoms with Crippen molar-refractivity contribution < 1.29 is 19.2 Å². The lowest BCUT2D eigenvalue weighted by Gasteiger charge is -2.35. The van der Waals surface area contributed by atoms with Gasteiger partial charge >= 0.3 is 0 Å². The van der Waals surface area contributed by atoms with Crippen molar-refractivity contribution in [1.29, 1.82) is 0 Å². The number of likely N-dealkylation sites (tertiary alicyclic amines) is 1. The molecule has 1 aliphatic heterocycles. The maximum absolute atomic E-state index is 13.7. The summed E-state index contributed by atoms with van der Waals surface area (Å²) in [6.45, 7) is 10.0. The Labute approximate surface area is 214 Å². The van der Waals surface area contributed by atoms with Gasteiger partial charge in [0.05, 0.1) is 6.54 Å². The van der Waals surface area contributed by atoms with Crippen LogP contribution in [0, 0.1) is 11.3 Å². The van der Waals surface area contributed by atoms with Gasteiger partial charge in [-0.1, -0.05) is 52.2 Å². The lowest BCUT2D eigenvalue weighted by Crippen LogP contribution is -2.58. The molecule has 3 rings (SSSR count). The van der Waals surface area contributed by atoms with Crippen LogP contribution < -0.4 is 16.0 Å². The fourth-order valence-corrected chi connectivity index (χ4v) is 5.00. The fraction of sp³-hybridized carbons (Fsp3) is 0.741. The van der Waals surface area contributed by atoms with Crippen LogP contribution in [0.3, 0.4) is 0 Å². The number of carbonyl (C=O) groups is 4. The average molecular weight is 502 g/mol. The summed E-state index contributed by atoms with van der Waals surface area (Å²) in [5, 5.41) is 8.64. The highest BCUT2D eigenvalue weighted by molar-refractivity contribution is 6.40. The molecule has 2 atom stereocenters. The highest BCUT2D eigenvalue weighted by Gasteiger charge is 2.43. The molecule has 0 spiro atoms. The minimum absolute atomic E-state index is 0.0142. The minimum Gasteiger partial charge on any atom is -0.348 e. The van der Waals surface area contributed by atoms with Crippen molar-refractivity contribution >= 4 is 29.3 Å². The molecule has 9 nitrogen and oxygen atoms in total. The van der Waals surface area contributed by atoms with E-state index in [4.69, 9.17) is 0 Å². The number of amides is 4. The summed E-state index contributed by atoms with van der Waals surface area (Å²) in [6, 6.07) is -1.31. The van der Waals surface area contributed by atoms with Crippen LogP contribution in [-0.4, -0.2) is 72.5 Å². The molecule has 36 heavy (non-hydrogen) atoms. The molecule has 200 valence electrons. The lowest BCUT2D eigenvalue weighted by atomic mass is 9.84. The largest absolute Gasteiger partial charge is 0.348 e. The van der Waals surface area contributed by atoms with Crippen LogP contribution in [0.2, 0.25) is 0 Å². The van der Waals surface area contributed by atoms with E-state index in [2.05, 4.69) is 27.5 Å². The third-order valence-electron chi connectivity index (χ3n) is 7.33. The topological polar surface area (TPSA) is 120 Å². The van der Waals surface area contributed by atoms with Crippen molar-refractivity contribution in [2.45, 2.75) is 96.7 Å². The predicted octanol–water partition coefficient (Wildman–Crippen LogP) is 2.11. The maximum Gasteiger partial charge on any atom is 0.267 e. The molecular formula is C27H43N5O4. The first-order valence-corrected chi connectivity index (χ1v) is 13.3. The third kappa shape index (κ3) is 7.64. The standard InChI is InChI=1S/C27H43N5O4/c1-17-13-21(25(35)29-15-20(28-5)24(34)30-19-11-12-19)32(16-17)26(36)23(27(2,3)4)31-22(33)14-18-9-7-6-8-10-18/h18-19,21,23H,1,6-16H2,2-5H3,(H,29,35)(H,30,34)(H,31,33)/b28-20-/t21-,23+/m0/s1. The highest BCUT2D eigenvalue weighted by atomic mass is 16.2. The van der Waals surface area contributed by atoms with E-state index < -0.39 is 17.5 Å². The Balaban J connectivity index is 1.64. The highest BCUT2D eigenvalue weighted by Crippen LogP contribution is 2.29. The van der Waals surface area contributed by atoms with E-state index in [1.54, 1.807) is 0 Å². The van der Waals surface area contributed by atoms with E-state index >= 15 is 0 Å². The second kappa shape index (κ2) is 12.0. The van der Waals surface area contributed by atoms with Gasteiger partial charge in [-0.05, 0) is 43.4 Å². The summed E-state index contributed by atoms with van der Waals surface area (Å²) < 4.78 is 0. The van der Waals surface area contributed by atoms with E-state index in [0.717, 1.165) is 44.1 Å². The molecule has 3 aliphatic rings. The molecule has 0 bridgehead atoms. The summed E-state index contributed by atoms with van der Waals surface area (Å²) >= 11 is 0. The van der Waals surface area contributed by atoms with Gasteiger partial charge < -0.3 is 20.9 Å². The molecule has 0 radical (unpaired) electrons. The summed E-state index contributed by atoms with van der Waals surface area (Å²) in [5.41, 5.74) is 0.487. The monoisotopic (exact) mass is 501 g/mol. The average Bonchev–Trinajstić information content (AvgIpc) is 3.54. The van der Waals surface area contributed by atoms with Gasteiger partial charge in [-0.25, -0.2) is 0 Å². The Morgan fingerprint density at radius 1 is 1.08 bits per heavy atom. The summed E-state index contributed by atoms with van der Waals surface area (Å²) in [5.74, 6) is -0.666. The molecule has 1 saturated heterocycles. The fourth-order valence-electron chi connectivity index (χ4n) is 5.00. The first-order valence-electron chi connectivity index (χ1n) is 13.3. The smallest absolute Gasteiger partial charge is 0.267 e. The number of nitrogens with zero attached hydrogens (tertiary/aromatic N) is 2. The number of aliphatic imine (C=N–C) groups is 1. The SMILES string of the molecule is C=C1C[C@@H](C(=O)NC/C(=N/C)C(=O)NC2CC2)N(C(=O)[C@@H](NC(=O)CC2CCCCC2)C(C)(C)C)C1. The zero-order chi connectivity index (χ0) is 26.5. The summed E-state index contributed by atoms with van der Waals surface area (Å²) in [7, 11) is 1.52. The van der Waals surface area contributed by atoms with Crippen LogP contribution in [0.25, 0.3) is 0 Å². The van der Waals surface area contributed by atoms with Crippen LogP contribution in [0.15, 0.2) is 17.1 Å². The van der Waals surface area contributed by atoms with Gasteiger partial charge in [0, 0.05) is 26.1 Å². The Morgan fingerprint density at radius 2 is 1.75 bits per heavy atom. The normalized spacial score (nSPS) is 22.2. The minimum atomic E-state index is -0.758. The first-order chi connectivity index (χ1) is 17.0. The number of rotatable bonds is 9. The van der Waals surface area contributed by atoms with Crippen LogP contribution in [0.1, 0.15) is 78.6 Å². The second-order valence-electron chi connectivity index (χ2n) is 11.6. The zero-order valence-corrected chi connectivity index (χ0v) is 22.3. The Hall–Kier alpha value is -2.71. The van der Waals surface area contributed by atoms with Crippen molar-refractivity contribution in [2.75, 3.05) is 20.1 Å². The van der Waals surface area contributed by atoms with Gasteiger partial charge in [-0.3, -0.25) is 24.2 Å². The third-order valence-corrected chi connectivity index (χ3v) is 7.33. The van der Waals surface area contributed by atoms with Crippen molar-refractivity contribution in [3.8, 4) is 0 Å². The Kier molecular flexibility index (Phi) is 9.30. The molecule has 0 aromatic rings. The molecule has 1 heterocycles. The molecule has 3 N–H and O–H groups in total. The summed E-state index contributed by atoms with van der Waals surface area (Å²) in [4.78, 5) is 57.6. The number of hydrogen-bond acceptors (Lipinski definition) is 5. The quantitative estimate of drug-likeness (QED) is 0.331. The molecule has 4 amide bonds. The number of carbonyl (C=O) groups excluding carboxylic acids is 4. The van der Waals surface area contributed by atoms with E-state index in [1.807, 2.05) is 20.8 Å². The summed E-state index contributed by atoms with van der Waals surface area (Å²) in [6.07, 6.45) is 8.33. The van der Waals surface area contributed by atoms with Crippen molar-refractivity contribution in [2.24, 2.45) is 16.3 Å². The van der Waals surface area contributed by atoms with Crippen LogP contribution >= 0.6 is 0 Å². The van der Waals surface area contributed by atoms with Gasteiger partial charge in [0.2, 0.25) is 17.7 Å². The molecular weight excluding hydrogens is 458 g/mol. The van der Waals surface area contributed by atoms with Crippen LogP contribution in [0.4, 0.5) is 0 Å². The molecule has 2 saturated carbocycles. The Morgan fingerprint density at radius 3 is 2.33 bits per heavy atom. The number of nitrogens with one attached hydrogen (secondary N) is 3. The molecule has 0 aromatic heterocycles.